The van der Waals surface area contributed by atoms with Crippen molar-refractivity contribution < 1.29 is 14.7 Å². The molecule has 1 atom stereocenters. The lowest BCUT2D eigenvalue weighted by molar-refractivity contribution is -0.157. The number of hydrogen-bond donors (Lipinski definition) is 1. The molecule has 1 fully saturated rings. The Morgan fingerprint density at radius 1 is 1.35 bits per heavy atom. The minimum Gasteiger partial charge on any atom is -0.480 e. The quantitative estimate of drug-likeness (QED) is 0.796. The standard InChI is InChI=1S/C12H14N2O3/c15-9-4-1-2-5-12(9,11(16)17)8-10-13-6-3-7-14-10/h3,6-7H,1-2,4-5,8H2,(H,16,17). The highest BCUT2D eigenvalue weighted by atomic mass is 16.4. The van der Waals surface area contributed by atoms with Gasteiger partial charge in [0.15, 0.2) is 5.78 Å². The van der Waals surface area contributed by atoms with E-state index in [1.165, 1.54) is 0 Å². The summed E-state index contributed by atoms with van der Waals surface area (Å²) in [6.45, 7) is 0. The maximum atomic E-state index is 11.9. The highest BCUT2D eigenvalue weighted by Gasteiger charge is 2.47. The Morgan fingerprint density at radius 3 is 2.65 bits per heavy atom. The zero-order chi connectivity index (χ0) is 12.3. The molecule has 5 nitrogen and oxygen atoms in total. The second-order valence-corrected chi connectivity index (χ2v) is 4.36. The summed E-state index contributed by atoms with van der Waals surface area (Å²) in [5.41, 5.74) is -1.31. The van der Waals surface area contributed by atoms with Crippen LogP contribution in [0.4, 0.5) is 0 Å². The average Bonchev–Trinajstić information content (AvgIpc) is 2.33. The molecule has 0 saturated heterocycles. The predicted molar refractivity (Wildman–Crippen MR) is 59.3 cm³/mol. The fourth-order valence-electron chi connectivity index (χ4n) is 2.27. The van der Waals surface area contributed by atoms with Crippen molar-refractivity contribution in [1.29, 1.82) is 0 Å². The Balaban J connectivity index is 2.29. The lowest BCUT2D eigenvalue weighted by atomic mass is 9.70. The summed E-state index contributed by atoms with van der Waals surface area (Å²) < 4.78 is 0. The summed E-state index contributed by atoms with van der Waals surface area (Å²) in [7, 11) is 0. The highest BCUT2D eigenvalue weighted by Crippen LogP contribution is 2.36. The molecule has 5 heteroatoms. The fourth-order valence-corrected chi connectivity index (χ4v) is 2.27. The maximum absolute atomic E-state index is 11.9. The lowest BCUT2D eigenvalue weighted by Crippen LogP contribution is -2.43. The van der Waals surface area contributed by atoms with Gasteiger partial charge in [0.05, 0.1) is 0 Å². The summed E-state index contributed by atoms with van der Waals surface area (Å²) in [4.78, 5) is 31.4. The summed E-state index contributed by atoms with van der Waals surface area (Å²) in [5.74, 6) is -0.816. The van der Waals surface area contributed by atoms with Crippen molar-refractivity contribution in [1.82, 2.24) is 9.97 Å². The molecule has 17 heavy (non-hydrogen) atoms. The summed E-state index contributed by atoms with van der Waals surface area (Å²) in [6, 6.07) is 1.67. The van der Waals surface area contributed by atoms with Gasteiger partial charge in [-0.25, -0.2) is 9.97 Å². The first-order valence-electron chi connectivity index (χ1n) is 5.68. The van der Waals surface area contributed by atoms with Gasteiger partial charge in [0, 0.05) is 25.2 Å². The normalized spacial score (nSPS) is 24.6. The van der Waals surface area contributed by atoms with E-state index in [9.17, 15) is 14.7 Å². The van der Waals surface area contributed by atoms with Crippen LogP contribution in [0.15, 0.2) is 18.5 Å². The number of carbonyl (C=O) groups excluding carboxylic acids is 1. The molecule has 2 rings (SSSR count). The third kappa shape index (κ3) is 2.18. The van der Waals surface area contributed by atoms with Crippen LogP contribution in [0.3, 0.4) is 0 Å². The second kappa shape index (κ2) is 4.61. The first kappa shape index (κ1) is 11.7. The molecule has 0 aromatic carbocycles. The number of aliphatic carboxylic acids is 1. The second-order valence-electron chi connectivity index (χ2n) is 4.36. The molecule has 1 aliphatic carbocycles. The van der Waals surface area contributed by atoms with Crippen LogP contribution < -0.4 is 0 Å². The maximum Gasteiger partial charge on any atom is 0.317 e. The molecular formula is C12H14N2O3. The molecule has 1 aromatic rings. The van der Waals surface area contributed by atoms with Crippen molar-refractivity contribution in [3.8, 4) is 0 Å². The Labute approximate surface area is 98.9 Å². The van der Waals surface area contributed by atoms with E-state index in [1.54, 1.807) is 18.5 Å². The van der Waals surface area contributed by atoms with E-state index in [0.717, 1.165) is 12.8 Å². The van der Waals surface area contributed by atoms with Gasteiger partial charge in [-0.1, -0.05) is 6.42 Å². The van der Waals surface area contributed by atoms with E-state index >= 15 is 0 Å². The van der Waals surface area contributed by atoms with Gasteiger partial charge >= 0.3 is 5.97 Å². The number of hydrogen-bond acceptors (Lipinski definition) is 4. The van der Waals surface area contributed by atoms with Crippen LogP contribution in [-0.4, -0.2) is 26.8 Å². The lowest BCUT2D eigenvalue weighted by Gasteiger charge is -2.30. The fraction of sp³-hybridized carbons (Fsp3) is 0.500. The molecule has 1 heterocycles. The molecular weight excluding hydrogens is 220 g/mol. The average molecular weight is 234 g/mol. The summed E-state index contributed by atoms with van der Waals surface area (Å²) in [5, 5.41) is 9.34. The number of carbonyl (C=O) groups is 2. The van der Waals surface area contributed by atoms with E-state index in [2.05, 4.69) is 9.97 Å². The molecule has 90 valence electrons. The van der Waals surface area contributed by atoms with Crippen LogP contribution in [0, 0.1) is 5.41 Å². The number of carboxylic acids is 1. The third-order valence-corrected chi connectivity index (χ3v) is 3.28. The zero-order valence-corrected chi connectivity index (χ0v) is 9.43. The predicted octanol–water partition coefficient (Wildman–Crippen LogP) is 1.23. The number of rotatable bonds is 3. The van der Waals surface area contributed by atoms with Crippen LogP contribution in [0.1, 0.15) is 31.5 Å². The van der Waals surface area contributed by atoms with Crippen molar-refractivity contribution in [3.05, 3.63) is 24.3 Å². The first-order chi connectivity index (χ1) is 8.15. The largest absolute Gasteiger partial charge is 0.480 e. The van der Waals surface area contributed by atoms with Crippen LogP contribution in [0.5, 0.6) is 0 Å². The first-order valence-corrected chi connectivity index (χ1v) is 5.68. The van der Waals surface area contributed by atoms with Gasteiger partial charge in [-0.2, -0.15) is 0 Å². The van der Waals surface area contributed by atoms with Gasteiger partial charge in [0.2, 0.25) is 0 Å². The van der Waals surface area contributed by atoms with E-state index in [-0.39, 0.29) is 12.2 Å². The number of nitrogens with zero attached hydrogens (tertiary/aromatic N) is 2. The van der Waals surface area contributed by atoms with Gasteiger partial charge in [0.25, 0.3) is 0 Å². The summed E-state index contributed by atoms with van der Waals surface area (Å²) >= 11 is 0. The van der Waals surface area contributed by atoms with E-state index in [0.29, 0.717) is 18.7 Å². The minimum atomic E-state index is -1.31. The molecule has 0 radical (unpaired) electrons. The Kier molecular flexibility index (Phi) is 3.17. The van der Waals surface area contributed by atoms with Crippen molar-refractivity contribution in [2.24, 2.45) is 5.41 Å². The number of Topliss-reactive ketones (excluding diaryl/α,β-unsaturated/α-hetero) is 1. The molecule has 0 bridgehead atoms. The SMILES string of the molecule is O=C(O)C1(Cc2ncccn2)CCCCC1=O. The Hall–Kier alpha value is -1.78. The number of ketones is 1. The Morgan fingerprint density at radius 2 is 2.06 bits per heavy atom. The highest BCUT2D eigenvalue weighted by molar-refractivity contribution is 6.03. The number of carboxylic acid groups (broad SMARTS) is 1. The molecule has 1 N–H and O–H groups in total. The molecule has 1 saturated carbocycles. The van der Waals surface area contributed by atoms with Gasteiger partial charge < -0.3 is 5.11 Å². The van der Waals surface area contributed by atoms with Crippen molar-refractivity contribution in [3.63, 3.8) is 0 Å². The van der Waals surface area contributed by atoms with Crippen LogP contribution in [0.2, 0.25) is 0 Å². The smallest absolute Gasteiger partial charge is 0.317 e. The molecule has 1 unspecified atom stereocenters. The van der Waals surface area contributed by atoms with Gasteiger partial charge in [0.1, 0.15) is 11.2 Å². The van der Waals surface area contributed by atoms with Gasteiger partial charge in [-0.3, -0.25) is 9.59 Å². The van der Waals surface area contributed by atoms with Gasteiger partial charge in [-0.15, -0.1) is 0 Å². The zero-order valence-electron chi connectivity index (χ0n) is 9.43. The summed E-state index contributed by atoms with van der Waals surface area (Å²) in [6.07, 6.45) is 5.51. The Bertz CT molecular complexity index is 433. The molecule has 1 aliphatic rings. The van der Waals surface area contributed by atoms with Crippen molar-refractivity contribution in [2.75, 3.05) is 0 Å². The van der Waals surface area contributed by atoms with Crippen molar-refractivity contribution >= 4 is 11.8 Å². The van der Waals surface area contributed by atoms with Crippen LogP contribution in [0.25, 0.3) is 0 Å². The third-order valence-electron chi connectivity index (χ3n) is 3.28. The molecule has 1 aromatic heterocycles. The van der Waals surface area contributed by atoms with Crippen molar-refractivity contribution in [2.45, 2.75) is 32.1 Å². The monoisotopic (exact) mass is 234 g/mol. The minimum absolute atomic E-state index is 0.0992. The number of aromatic nitrogens is 2. The van der Waals surface area contributed by atoms with Crippen LogP contribution in [-0.2, 0) is 16.0 Å². The molecule has 0 spiro atoms. The molecule has 0 amide bonds. The topological polar surface area (TPSA) is 80.2 Å². The van der Waals surface area contributed by atoms with E-state index < -0.39 is 11.4 Å². The van der Waals surface area contributed by atoms with E-state index in [1.807, 2.05) is 0 Å². The molecule has 0 aliphatic heterocycles. The van der Waals surface area contributed by atoms with Gasteiger partial charge in [-0.05, 0) is 18.9 Å². The van der Waals surface area contributed by atoms with Crippen LogP contribution >= 0.6 is 0 Å². The van der Waals surface area contributed by atoms with E-state index in [4.69, 9.17) is 0 Å².